The van der Waals surface area contributed by atoms with Crippen LogP contribution in [0.2, 0.25) is 6.82 Å². The standard InChI is InChI=1S/C9H19B2I.CH4/c1-5-8(2)6-7-9(3,12)11(4)10;/h8H,5-7H2,1-4H3;1H4. The van der Waals surface area contributed by atoms with E-state index in [0.29, 0.717) is 6.60 Å². The highest BCUT2D eigenvalue weighted by Crippen LogP contribution is 2.28. The van der Waals surface area contributed by atoms with Crippen molar-refractivity contribution >= 4 is 36.9 Å². The minimum atomic E-state index is 0. The first-order valence-electron chi connectivity index (χ1n) is 4.84. The molecule has 0 saturated heterocycles. The van der Waals surface area contributed by atoms with Crippen LogP contribution in [0.15, 0.2) is 0 Å². The van der Waals surface area contributed by atoms with E-state index in [-0.39, 0.29) is 10.7 Å². The van der Waals surface area contributed by atoms with Crippen LogP contribution in [0.4, 0.5) is 0 Å². The Bertz CT molecular complexity index is 124. The fourth-order valence-corrected chi connectivity index (χ4v) is 1.27. The highest BCUT2D eigenvalue weighted by atomic mass is 127. The Kier molecular flexibility index (Phi) is 9.01. The van der Waals surface area contributed by atoms with Crippen molar-refractivity contribution in [1.82, 2.24) is 0 Å². The summed E-state index contributed by atoms with van der Waals surface area (Å²) < 4.78 is 0.279. The summed E-state index contributed by atoms with van der Waals surface area (Å²) >= 11 is 2.49. The molecule has 0 aliphatic rings. The highest BCUT2D eigenvalue weighted by molar-refractivity contribution is 14.1. The third-order valence-corrected chi connectivity index (χ3v) is 4.29. The normalized spacial score (nSPS) is 17.0. The maximum atomic E-state index is 5.89. The summed E-state index contributed by atoms with van der Waals surface area (Å²) in [7, 11) is 5.89. The van der Waals surface area contributed by atoms with Crippen LogP contribution < -0.4 is 0 Å². The van der Waals surface area contributed by atoms with Crippen molar-refractivity contribution < 1.29 is 0 Å². The average Bonchev–Trinajstić information content (AvgIpc) is 2.00. The number of alkyl halides is 1. The van der Waals surface area contributed by atoms with Gasteiger partial charge in [0.1, 0.15) is 6.60 Å². The lowest BCUT2D eigenvalue weighted by atomic mass is 9.28. The second-order valence-corrected chi connectivity index (χ2v) is 6.58. The van der Waals surface area contributed by atoms with Gasteiger partial charge in [0.2, 0.25) is 0 Å². The Labute approximate surface area is 100 Å². The largest absolute Gasteiger partial charge is 0.107 e. The lowest BCUT2D eigenvalue weighted by Gasteiger charge is -2.27. The molecule has 3 heteroatoms. The van der Waals surface area contributed by atoms with Crippen LogP contribution in [0, 0.1) is 5.92 Å². The van der Waals surface area contributed by atoms with Gasteiger partial charge in [-0.1, -0.05) is 70.5 Å². The van der Waals surface area contributed by atoms with Crippen molar-refractivity contribution in [3.05, 3.63) is 0 Å². The molecule has 0 aliphatic heterocycles. The van der Waals surface area contributed by atoms with E-state index in [9.17, 15) is 0 Å². The van der Waals surface area contributed by atoms with Crippen molar-refractivity contribution in [3.63, 3.8) is 0 Å². The fourth-order valence-electron chi connectivity index (χ4n) is 0.960. The number of hydrogen-bond donors (Lipinski definition) is 0. The molecule has 0 amide bonds. The van der Waals surface area contributed by atoms with E-state index in [1.165, 1.54) is 19.3 Å². The summed E-state index contributed by atoms with van der Waals surface area (Å²) in [6.45, 7) is 9.21. The third kappa shape index (κ3) is 6.87. The Hall–Kier alpha value is 0.860. The number of halogens is 1. The summed E-state index contributed by atoms with van der Waals surface area (Å²) in [6, 6.07) is 0. The molecule has 13 heavy (non-hydrogen) atoms. The predicted octanol–water partition coefficient (Wildman–Crippen LogP) is 3.97. The summed E-state index contributed by atoms with van der Waals surface area (Å²) in [6.07, 6.45) is 3.82. The van der Waals surface area contributed by atoms with Gasteiger partial charge in [-0.3, -0.25) is 0 Å². The van der Waals surface area contributed by atoms with Gasteiger partial charge in [0.25, 0.3) is 0 Å². The first-order valence-corrected chi connectivity index (χ1v) is 5.92. The maximum Gasteiger partial charge on any atom is 0.107 e. The van der Waals surface area contributed by atoms with Crippen molar-refractivity contribution in [2.24, 2.45) is 5.92 Å². The first kappa shape index (κ1) is 16.3. The molecule has 0 saturated carbocycles. The quantitative estimate of drug-likeness (QED) is 0.408. The predicted molar refractivity (Wildman–Crippen MR) is 75.2 cm³/mol. The lowest BCUT2D eigenvalue weighted by Crippen LogP contribution is -2.35. The third-order valence-electron chi connectivity index (χ3n) is 2.77. The smallest absolute Gasteiger partial charge is 0.0919 e. The molecule has 0 aliphatic carbocycles. The van der Waals surface area contributed by atoms with Crippen LogP contribution in [-0.2, 0) is 0 Å². The van der Waals surface area contributed by atoms with E-state index in [2.05, 4.69) is 50.2 Å². The molecule has 76 valence electrons. The minimum Gasteiger partial charge on any atom is -0.0919 e. The fraction of sp³-hybridized carbons (Fsp3) is 1.00. The van der Waals surface area contributed by atoms with Gasteiger partial charge >= 0.3 is 0 Å². The summed E-state index contributed by atoms with van der Waals surface area (Å²) in [5, 5.41) is 0. The van der Waals surface area contributed by atoms with Crippen LogP contribution >= 0.6 is 22.6 Å². The molecule has 0 fully saturated rings. The number of rotatable bonds is 5. The highest BCUT2D eigenvalue weighted by Gasteiger charge is 2.25. The van der Waals surface area contributed by atoms with Crippen LogP contribution in [0.5, 0.6) is 0 Å². The molecule has 2 atom stereocenters. The van der Waals surface area contributed by atoms with E-state index in [1.807, 2.05) is 0 Å². The zero-order chi connectivity index (χ0) is 9.78. The molecule has 0 heterocycles. The van der Waals surface area contributed by atoms with Crippen LogP contribution in [0.1, 0.15) is 47.5 Å². The van der Waals surface area contributed by atoms with Gasteiger partial charge in [0.05, 0.1) is 0 Å². The van der Waals surface area contributed by atoms with Gasteiger partial charge in [-0.25, -0.2) is 0 Å². The molecule has 2 radical (unpaired) electrons. The molecule has 0 bridgehead atoms. The molecule has 0 aromatic heterocycles. The van der Waals surface area contributed by atoms with Gasteiger partial charge in [0.15, 0.2) is 0 Å². The molecule has 0 aromatic rings. The molecule has 0 spiro atoms. The van der Waals surface area contributed by atoms with E-state index in [4.69, 9.17) is 7.74 Å². The molecule has 0 rings (SSSR count). The van der Waals surface area contributed by atoms with Gasteiger partial charge in [-0.15, -0.1) is 0 Å². The summed E-state index contributed by atoms with van der Waals surface area (Å²) in [5.41, 5.74) is 0. The first-order chi connectivity index (χ1) is 5.40. The van der Waals surface area contributed by atoms with Crippen molar-refractivity contribution in [3.8, 4) is 0 Å². The molecule has 0 aromatic carbocycles. The number of hydrogen-bond acceptors (Lipinski definition) is 0. The monoisotopic (exact) mass is 292 g/mol. The molecule has 2 unspecified atom stereocenters. The van der Waals surface area contributed by atoms with Gasteiger partial charge in [-0.05, 0) is 15.7 Å². The van der Waals surface area contributed by atoms with Crippen molar-refractivity contribution in [1.29, 1.82) is 0 Å². The van der Waals surface area contributed by atoms with E-state index >= 15 is 0 Å². The van der Waals surface area contributed by atoms with Gasteiger partial charge in [-0.2, -0.15) is 0 Å². The van der Waals surface area contributed by atoms with Gasteiger partial charge in [0, 0.05) is 7.74 Å². The molecular formula is C10H23B2I. The lowest BCUT2D eigenvalue weighted by molar-refractivity contribution is 0.488. The maximum absolute atomic E-state index is 5.89. The van der Waals surface area contributed by atoms with Crippen molar-refractivity contribution in [2.75, 3.05) is 0 Å². The van der Waals surface area contributed by atoms with E-state index in [0.717, 1.165) is 5.92 Å². The Morgan fingerprint density at radius 3 is 2.31 bits per heavy atom. The van der Waals surface area contributed by atoms with Crippen LogP contribution in [0.3, 0.4) is 0 Å². The Morgan fingerprint density at radius 2 is 2.00 bits per heavy atom. The molecular weight excluding hydrogens is 269 g/mol. The summed E-state index contributed by atoms with van der Waals surface area (Å²) in [5.74, 6) is 0.845. The van der Waals surface area contributed by atoms with E-state index in [1.54, 1.807) is 0 Å². The second kappa shape index (κ2) is 7.19. The average molecular weight is 292 g/mol. The zero-order valence-corrected chi connectivity index (χ0v) is 10.9. The van der Waals surface area contributed by atoms with Crippen molar-refractivity contribution in [2.45, 2.75) is 57.6 Å². The molecule has 0 nitrogen and oxygen atoms in total. The Morgan fingerprint density at radius 1 is 1.54 bits per heavy atom. The second-order valence-electron chi connectivity index (χ2n) is 4.12. The molecule has 0 N–H and O–H groups in total. The zero-order valence-electron chi connectivity index (χ0n) is 8.73. The van der Waals surface area contributed by atoms with E-state index < -0.39 is 0 Å². The Balaban J connectivity index is 0. The minimum absolute atomic E-state index is 0. The topological polar surface area (TPSA) is 0 Å². The summed E-state index contributed by atoms with van der Waals surface area (Å²) in [4.78, 5) is 0. The SMILES string of the molecule is C.[B]B(C)C(C)(I)CCC(C)CC. The van der Waals surface area contributed by atoms with Gasteiger partial charge < -0.3 is 0 Å². The van der Waals surface area contributed by atoms with Crippen LogP contribution in [-0.4, -0.2) is 17.7 Å². The van der Waals surface area contributed by atoms with Crippen LogP contribution in [0.25, 0.3) is 0 Å².